The van der Waals surface area contributed by atoms with E-state index in [1.54, 1.807) is 0 Å². The second-order valence-electron chi connectivity index (χ2n) is 10.6. The van der Waals surface area contributed by atoms with E-state index in [-0.39, 0.29) is 5.41 Å². The number of carbonyl (C=O) groups is 1. The van der Waals surface area contributed by atoms with Crippen LogP contribution in [-0.2, 0) is 4.79 Å². The molecule has 2 heteroatoms. The van der Waals surface area contributed by atoms with Crippen molar-refractivity contribution >= 4 is 27.8 Å². The number of ketones is 1. The van der Waals surface area contributed by atoms with Crippen LogP contribution in [0.3, 0.4) is 0 Å². The third-order valence-corrected chi connectivity index (χ3v) is 9.91. The maximum absolute atomic E-state index is 13.5. The van der Waals surface area contributed by atoms with Gasteiger partial charge in [-0.25, -0.2) is 0 Å². The fourth-order valence-corrected chi connectivity index (χ4v) is 8.31. The molecular weight excluding hydrogens is 408 g/mol. The molecule has 0 aliphatic heterocycles. The number of allylic oxidation sites excluding steroid dienone is 1. The number of benzene rings is 1. The van der Waals surface area contributed by atoms with Crippen molar-refractivity contribution in [1.29, 1.82) is 0 Å². The molecule has 0 N–H and O–H groups in total. The van der Waals surface area contributed by atoms with Crippen molar-refractivity contribution in [2.45, 2.75) is 71.6 Å². The largest absolute Gasteiger partial charge is 0.294 e. The lowest BCUT2D eigenvalue weighted by molar-refractivity contribution is -0.137. The average Bonchev–Trinajstić information content (AvgIpc) is 2.92. The summed E-state index contributed by atoms with van der Waals surface area (Å²) >= 11 is 3.57. The summed E-state index contributed by atoms with van der Waals surface area (Å²) in [6, 6.07) is 8.35. The lowest BCUT2D eigenvalue weighted by atomic mass is 9.45. The van der Waals surface area contributed by atoms with Crippen molar-refractivity contribution in [3.63, 3.8) is 0 Å². The summed E-state index contributed by atoms with van der Waals surface area (Å²) in [6.45, 7) is 4.92. The Bertz CT molecular complexity index is 825. The standard InChI is InChI=1S/C26H33BrO/c1-25-12-4-3-7-19(25)9-10-21-22(25)11-13-26(2)23(21)16-18(24(26)28)14-17-6-5-8-20(27)15-17/h5-6,8,14-15,19,21-23H,3-4,7,9-13,16H2,1-2H3/b18-14+/t19-,21-,22+,23+,25+,26+/m1/s1. The van der Waals surface area contributed by atoms with Crippen LogP contribution in [-0.4, -0.2) is 5.78 Å². The number of halogens is 1. The highest BCUT2D eigenvalue weighted by Crippen LogP contribution is 2.66. The number of hydrogen-bond acceptors (Lipinski definition) is 1. The number of Topliss-reactive ketones (excluding diaryl/α,β-unsaturated/α-hetero) is 1. The fourth-order valence-electron chi connectivity index (χ4n) is 7.89. The zero-order chi connectivity index (χ0) is 19.5. The van der Waals surface area contributed by atoms with E-state index < -0.39 is 0 Å². The van der Waals surface area contributed by atoms with E-state index >= 15 is 0 Å². The second kappa shape index (κ2) is 6.83. The number of fused-ring (bicyclic) bond motifs is 5. The van der Waals surface area contributed by atoms with Gasteiger partial charge in [0.05, 0.1) is 0 Å². The van der Waals surface area contributed by atoms with Gasteiger partial charge in [0.1, 0.15) is 0 Å². The van der Waals surface area contributed by atoms with Gasteiger partial charge in [-0.05, 0) is 103 Å². The molecular formula is C26H33BrO. The number of carbonyl (C=O) groups excluding carboxylic acids is 1. The van der Waals surface area contributed by atoms with E-state index in [1.165, 1.54) is 44.9 Å². The van der Waals surface area contributed by atoms with E-state index in [0.717, 1.165) is 46.2 Å². The highest BCUT2D eigenvalue weighted by Gasteiger charge is 2.60. The van der Waals surface area contributed by atoms with E-state index in [4.69, 9.17) is 0 Å². The molecule has 0 heterocycles. The Morgan fingerprint density at radius 3 is 2.71 bits per heavy atom. The summed E-state index contributed by atoms with van der Waals surface area (Å²) in [5.74, 6) is 3.57. The van der Waals surface area contributed by atoms with Crippen molar-refractivity contribution < 1.29 is 4.79 Å². The maximum Gasteiger partial charge on any atom is 0.165 e. The molecule has 1 aromatic carbocycles. The highest BCUT2D eigenvalue weighted by molar-refractivity contribution is 9.10. The van der Waals surface area contributed by atoms with E-state index in [1.807, 2.05) is 6.07 Å². The first-order valence-corrected chi connectivity index (χ1v) is 12.2. The zero-order valence-electron chi connectivity index (χ0n) is 17.3. The molecule has 0 bridgehead atoms. The SMILES string of the molecule is C[C@]12CCCC[C@@H]1CC[C@@H]1[C@@H]2CC[C@]2(C)C(=O)/C(=C/c3cccc(Br)c3)C[C@@H]12. The second-order valence-corrected chi connectivity index (χ2v) is 11.5. The van der Waals surface area contributed by atoms with Crippen LogP contribution in [0.2, 0.25) is 0 Å². The molecule has 6 atom stereocenters. The topological polar surface area (TPSA) is 17.1 Å². The normalized spacial score (nSPS) is 44.1. The Balaban J connectivity index is 1.46. The van der Waals surface area contributed by atoms with Gasteiger partial charge >= 0.3 is 0 Å². The fraction of sp³-hybridized carbons (Fsp3) is 0.654. The van der Waals surface area contributed by atoms with Gasteiger partial charge in [-0.2, -0.15) is 0 Å². The van der Waals surface area contributed by atoms with Crippen molar-refractivity contribution in [2.24, 2.45) is 34.5 Å². The van der Waals surface area contributed by atoms with Gasteiger partial charge in [-0.15, -0.1) is 0 Å². The molecule has 1 aromatic rings. The third-order valence-electron chi connectivity index (χ3n) is 9.41. The number of hydrogen-bond donors (Lipinski definition) is 0. The third kappa shape index (κ3) is 2.81. The van der Waals surface area contributed by atoms with Crippen LogP contribution in [0.5, 0.6) is 0 Å². The molecule has 28 heavy (non-hydrogen) atoms. The van der Waals surface area contributed by atoms with Crippen molar-refractivity contribution in [3.8, 4) is 0 Å². The van der Waals surface area contributed by atoms with E-state index in [0.29, 0.717) is 17.1 Å². The highest BCUT2D eigenvalue weighted by atomic mass is 79.9. The van der Waals surface area contributed by atoms with Gasteiger partial charge in [-0.1, -0.05) is 54.8 Å². The van der Waals surface area contributed by atoms with Crippen molar-refractivity contribution in [1.82, 2.24) is 0 Å². The summed E-state index contributed by atoms with van der Waals surface area (Å²) in [5, 5.41) is 0. The molecule has 150 valence electrons. The Kier molecular flexibility index (Phi) is 4.66. The minimum atomic E-state index is -0.114. The molecule has 4 saturated carbocycles. The molecule has 4 aliphatic carbocycles. The predicted molar refractivity (Wildman–Crippen MR) is 119 cm³/mol. The molecule has 4 fully saturated rings. The predicted octanol–water partition coefficient (Wildman–Crippen LogP) is 7.44. The van der Waals surface area contributed by atoms with Crippen LogP contribution in [0, 0.1) is 34.5 Å². The number of rotatable bonds is 1. The van der Waals surface area contributed by atoms with Gasteiger partial charge in [0.15, 0.2) is 5.78 Å². The summed E-state index contributed by atoms with van der Waals surface area (Å²) in [5.41, 5.74) is 2.67. The molecule has 0 saturated heterocycles. The van der Waals surface area contributed by atoms with Gasteiger partial charge < -0.3 is 0 Å². The molecule has 0 aromatic heterocycles. The maximum atomic E-state index is 13.5. The van der Waals surface area contributed by atoms with Crippen LogP contribution in [0.1, 0.15) is 77.2 Å². The Hall–Kier alpha value is -0.890. The first kappa shape index (κ1) is 19.1. The van der Waals surface area contributed by atoms with Crippen LogP contribution in [0.25, 0.3) is 6.08 Å². The Morgan fingerprint density at radius 1 is 1.04 bits per heavy atom. The summed E-state index contributed by atoms with van der Waals surface area (Å²) < 4.78 is 1.08. The molecule has 0 unspecified atom stereocenters. The van der Waals surface area contributed by atoms with Crippen LogP contribution in [0.15, 0.2) is 34.3 Å². The molecule has 5 rings (SSSR count). The molecule has 4 aliphatic rings. The quantitative estimate of drug-likeness (QED) is 0.414. The van der Waals surface area contributed by atoms with E-state index in [2.05, 4.69) is 54.1 Å². The van der Waals surface area contributed by atoms with Crippen LogP contribution >= 0.6 is 15.9 Å². The molecule has 0 spiro atoms. The molecule has 0 radical (unpaired) electrons. The smallest absolute Gasteiger partial charge is 0.165 e. The van der Waals surface area contributed by atoms with Crippen LogP contribution in [0.4, 0.5) is 0 Å². The first-order chi connectivity index (χ1) is 13.4. The minimum Gasteiger partial charge on any atom is -0.294 e. The summed E-state index contributed by atoms with van der Waals surface area (Å²) in [7, 11) is 0. The Labute approximate surface area is 178 Å². The molecule has 0 amide bonds. The lowest BCUT2D eigenvalue weighted by Gasteiger charge is -2.59. The van der Waals surface area contributed by atoms with E-state index in [9.17, 15) is 4.79 Å². The van der Waals surface area contributed by atoms with Crippen LogP contribution < -0.4 is 0 Å². The van der Waals surface area contributed by atoms with Crippen molar-refractivity contribution in [3.05, 3.63) is 39.9 Å². The minimum absolute atomic E-state index is 0.114. The zero-order valence-corrected chi connectivity index (χ0v) is 18.9. The monoisotopic (exact) mass is 440 g/mol. The van der Waals surface area contributed by atoms with Gasteiger partial charge in [-0.3, -0.25) is 4.79 Å². The first-order valence-electron chi connectivity index (χ1n) is 11.4. The Morgan fingerprint density at radius 2 is 1.89 bits per heavy atom. The van der Waals surface area contributed by atoms with Gasteiger partial charge in [0.25, 0.3) is 0 Å². The van der Waals surface area contributed by atoms with Gasteiger partial charge in [0, 0.05) is 9.89 Å². The summed E-state index contributed by atoms with van der Waals surface area (Å²) in [4.78, 5) is 13.5. The summed E-state index contributed by atoms with van der Waals surface area (Å²) in [6.07, 6.45) is 14.1. The van der Waals surface area contributed by atoms with Crippen molar-refractivity contribution in [2.75, 3.05) is 0 Å². The average molecular weight is 441 g/mol. The molecule has 1 nitrogen and oxygen atoms in total. The van der Waals surface area contributed by atoms with Gasteiger partial charge in [0.2, 0.25) is 0 Å². The lowest BCUT2D eigenvalue weighted by Crippen LogP contribution is -2.52.